The van der Waals surface area contributed by atoms with Crippen LogP contribution in [0, 0.1) is 0 Å². The molecule has 0 aliphatic heterocycles. The summed E-state index contributed by atoms with van der Waals surface area (Å²) in [5.41, 5.74) is 1.21. The molecule has 176 valence electrons. The van der Waals surface area contributed by atoms with Gasteiger partial charge in [0.05, 0.1) is 37.0 Å². The van der Waals surface area contributed by atoms with Gasteiger partial charge < -0.3 is 19.2 Å². The Bertz CT molecular complexity index is 1160. The number of amides is 1. The third-order valence-corrected chi connectivity index (χ3v) is 6.28. The number of nitrogens with one attached hydrogen (secondary N) is 2. The zero-order chi connectivity index (χ0) is 23.8. The van der Waals surface area contributed by atoms with Gasteiger partial charge in [-0.2, -0.15) is 0 Å². The molecular weight excluding hydrogens is 444 g/mol. The maximum Gasteiger partial charge on any atom is 0.251 e. The van der Waals surface area contributed by atoms with Gasteiger partial charge in [0, 0.05) is 5.56 Å². The standard InChI is InChI=1S/C24H28N2O6S/c1-4-30-22-13-10-19(15-23(22)31-5-2)17(3)26-24(27)18-8-11-21(12-9-18)33(28,29)25-16-20-7-6-14-32-20/h6-15,17,25H,4-5,16H2,1-3H3,(H,26,27). The summed E-state index contributed by atoms with van der Waals surface area (Å²) in [5.74, 6) is 1.46. The number of rotatable bonds is 11. The molecule has 2 N–H and O–H groups in total. The minimum absolute atomic E-state index is 0.0426. The highest BCUT2D eigenvalue weighted by molar-refractivity contribution is 7.89. The van der Waals surface area contributed by atoms with Crippen molar-refractivity contribution < 1.29 is 27.1 Å². The topological polar surface area (TPSA) is 107 Å². The summed E-state index contributed by atoms with van der Waals surface area (Å²) in [6.45, 7) is 6.72. The van der Waals surface area contributed by atoms with Crippen LogP contribution >= 0.6 is 0 Å². The second kappa shape index (κ2) is 11.0. The van der Waals surface area contributed by atoms with Crippen molar-refractivity contribution in [2.75, 3.05) is 13.2 Å². The van der Waals surface area contributed by atoms with Crippen molar-refractivity contribution in [1.82, 2.24) is 10.0 Å². The van der Waals surface area contributed by atoms with E-state index in [0.29, 0.717) is 36.0 Å². The SMILES string of the molecule is CCOc1ccc(C(C)NC(=O)c2ccc(S(=O)(=O)NCc3ccco3)cc2)cc1OCC. The summed E-state index contributed by atoms with van der Waals surface area (Å²) < 4.78 is 43.7. The van der Waals surface area contributed by atoms with Crippen LogP contribution < -0.4 is 19.5 Å². The molecule has 0 radical (unpaired) electrons. The Morgan fingerprint density at radius 3 is 2.33 bits per heavy atom. The van der Waals surface area contributed by atoms with Crippen molar-refractivity contribution in [3.63, 3.8) is 0 Å². The molecule has 33 heavy (non-hydrogen) atoms. The Morgan fingerprint density at radius 2 is 1.70 bits per heavy atom. The number of ether oxygens (including phenoxy) is 2. The first kappa shape index (κ1) is 24.3. The van der Waals surface area contributed by atoms with Gasteiger partial charge in [-0.1, -0.05) is 6.07 Å². The van der Waals surface area contributed by atoms with Crippen LogP contribution in [0.15, 0.2) is 70.2 Å². The fourth-order valence-corrected chi connectivity index (χ4v) is 4.14. The van der Waals surface area contributed by atoms with Gasteiger partial charge in [0.15, 0.2) is 11.5 Å². The van der Waals surface area contributed by atoms with E-state index in [1.807, 2.05) is 39.0 Å². The predicted molar refractivity (Wildman–Crippen MR) is 124 cm³/mol. The third kappa shape index (κ3) is 6.36. The Hall–Kier alpha value is -3.30. The van der Waals surface area contributed by atoms with Crippen molar-refractivity contribution in [3.8, 4) is 11.5 Å². The molecule has 9 heteroatoms. The van der Waals surface area contributed by atoms with E-state index in [9.17, 15) is 13.2 Å². The Balaban J connectivity index is 1.66. The smallest absolute Gasteiger partial charge is 0.251 e. The fraction of sp³-hybridized carbons (Fsp3) is 0.292. The van der Waals surface area contributed by atoms with Crippen LogP contribution in [0.25, 0.3) is 0 Å². The number of sulfonamides is 1. The zero-order valence-corrected chi connectivity index (χ0v) is 19.6. The van der Waals surface area contributed by atoms with Crippen LogP contribution in [0.4, 0.5) is 0 Å². The highest BCUT2D eigenvalue weighted by atomic mass is 32.2. The molecule has 0 bridgehead atoms. The van der Waals surface area contributed by atoms with E-state index in [4.69, 9.17) is 13.9 Å². The van der Waals surface area contributed by atoms with E-state index >= 15 is 0 Å². The molecule has 0 saturated heterocycles. The highest BCUT2D eigenvalue weighted by Crippen LogP contribution is 2.30. The summed E-state index contributed by atoms with van der Waals surface area (Å²) in [5, 5.41) is 2.92. The van der Waals surface area contributed by atoms with Gasteiger partial charge in [0.25, 0.3) is 5.91 Å². The number of hydrogen-bond donors (Lipinski definition) is 2. The lowest BCUT2D eigenvalue weighted by molar-refractivity contribution is 0.0939. The minimum atomic E-state index is -3.73. The molecule has 0 spiro atoms. The lowest BCUT2D eigenvalue weighted by Crippen LogP contribution is -2.27. The van der Waals surface area contributed by atoms with Crippen molar-refractivity contribution in [3.05, 3.63) is 77.7 Å². The first-order chi connectivity index (χ1) is 15.8. The second-order valence-electron chi connectivity index (χ2n) is 7.20. The molecule has 3 aromatic rings. The summed E-state index contributed by atoms with van der Waals surface area (Å²) in [6, 6.07) is 14.4. The van der Waals surface area contributed by atoms with E-state index in [1.54, 1.807) is 12.1 Å². The van der Waals surface area contributed by atoms with Gasteiger partial charge in [-0.3, -0.25) is 4.79 Å². The zero-order valence-electron chi connectivity index (χ0n) is 18.8. The molecule has 2 aromatic carbocycles. The van der Waals surface area contributed by atoms with Crippen molar-refractivity contribution in [2.45, 2.75) is 38.3 Å². The van der Waals surface area contributed by atoms with Gasteiger partial charge >= 0.3 is 0 Å². The molecule has 1 unspecified atom stereocenters. The summed E-state index contributed by atoms with van der Waals surface area (Å²) in [4.78, 5) is 12.8. The number of hydrogen-bond acceptors (Lipinski definition) is 6. The monoisotopic (exact) mass is 472 g/mol. The number of benzene rings is 2. The number of carbonyl (C=O) groups excluding carboxylic acids is 1. The summed E-state index contributed by atoms with van der Waals surface area (Å²) >= 11 is 0. The van der Waals surface area contributed by atoms with Crippen LogP contribution in [0.3, 0.4) is 0 Å². The lowest BCUT2D eigenvalue weighted by atomic mass is 10.1. The molecule has 8 nitrogen and oxygen atoms in total. The van der Waals surface area contributed by atoms with Gasteiger partial charge in [-0.15, -0.1) is 0 Å². The van der Waals surface area contributed by atoms with Crippen molar-refractivity contribution in [1.29, 1.82) is 0 Å². The second-order valence-corrected chi connectivity index (χ2v) is 8.96. The molecule has 3 rings (SSSR count). The van der Waals surface area contributed by atoms with Crippen LogP contribution in [0.2, 0.25) is 0 Å². The van der Waals surface area contributed by atoms with Crippen LogP contribution in [0.5, 0.6) is 11.5 Å². The Labute approximate surface area is 194 Å². The molecule has 1 amide bonds. The van der Waals surface area contributed by atoms with E-state index < -0.39 is 10.0 Å². The van der Waals surface area contributed by atoms with Crippen LogP contribution in [0.1, 0.15) is 48.5 Å². The summed E-state index contributed by atoms with van der Waals surface area (Å²) in [7, 11) is -3.73. The fourth-order valence-electron chi connectivity index (χ4n) is 3.15. The van der Waals surface area contributed by atoms with Crippen LogP contribution in [-0.4, -0.2) is 27.5 Å². The maximum absolute atomic E-state index is 12.7. The first-order valence-electron chi connectivity index (χ1n) is 10.7. The molecule has 0 fully saturated rings. The molecular formula is C24H28N2O6S. The third-order valence-electron chi connectivity index (χ3n) is 4.86. The Morgan fingerprint density at radius 1 is 1.00 bits per heavy atom. The van der Waals surface area contributed by atoms with E-state index in [2.05, 4.69) is 10.0 Å². The van der Waals surface area contributed by atoms with Gasteiger partial charge in [0.2, 0.25) is 10.0 Å². The molecule has 1 heterocycles. The number of furan rings is 1. The van der Waals surface area contributed by atoms with Crippen molar-refractivity contribution in [2.24, 2.45) is 0 Å². The Kier molecular flexibility index (Phi) is 8.13. The average molecular weight is 473 g/mol. The quantitative estimate of drug-likeness (QED) is 0.436. The molecule has 0 aliphatic carbocycles. The molecule has 1 atom stereocenters. The number of carbonyl (C=O) groups is 1. The largest absolute Gasteiger partial charge is 0.490 e. The predicted octanol–water partition coefficient (Wildman–Crippen LogP) is 4.05. The highest BCUT2D eigenvalue weighted by Gasteiger charge is 2.17. The van der Waals surface area contributed by atoms with Gasteiger partial charge in [-0.05, 0) is 74.9 Å². The summed E-state index contributed by atoms with van der Waals surface area (Å²) in [6.07, 6.45) is 1.48. The molecule has 1 aromatic heterocycles. The van der Waals surface area contributed by atoms with E-state index in [0.717, 1.165) is 5.56 Å². The molecule has 0 saturated carbocycles. The van der Waals surface area contributed by atoms with Gasteiger partial charge in [-0.25, -0.2) is 13.1 Å². The lowest BCUT2D eigenvalue weighted by Gasteiger charge is -2.17. The minimum Gasteiger partial charge on any atom is -0.490 e. The maximum atomic E-state index is 12.7. The normalized spacial score (nSPS) is 12.2. The van der Waals surface area contributed by atoms with E-state index in [1.165, 1.54) is 30.5 Å². The molecule has 0 aliphatic rings. The average Bonchev–Trinajstić information content (AvgIpc) is 3.33. The van der Waals surface area contributed by atoms with Crippen LogP contribution in [-0.2, 0) is 16.6 Å². The first-order valence-corrected chi connectivity index (χ1v) is 12.1. The van der Waals surface area contributed by atoms with Gasteiger partial charge in [0.1, 0.15) is 5.76 Å². The van der Waals surface area contributed by atoms with Crippen molar-refractivity contribution >= 4 is 15.9 Å². The van der Waals surface area contributed by atoms with E-state index in [-0.39, 0.29) is 23.4 Å².